The predicted octanol–water partition coefficient (Wildman–Crippen LogP) is 2.34. The van der Waals surface area contributed by atoms with Crippen LogP contribution in [0.15, 0.2) is 12.6 Å². The lowest BCUT2D eigenvalue weighted by atomic mass is 9.85. The van der Waals surface area contributed by atoms with Gasteiger partial charge in [0, 0.05) is 0 Å². The summed E-state index contributed by atoms with van der Waals surface area (Å²) in [6.07, 6.45) is 8.42. The van der Waals surface area contributed by atoms with Crippen molar-refractivity contribution in [2.24, 2.45) is 5.92 Å². The van der Waals surface area contributed by atoms with Crippen molar-refractivity contribution in [2.45, 2.75) is 32.1 Å². The molecule has 11 heavy (non-hydrogen) atoms. The average Bonchev–Trinajstić information content (AvgIpc) is 2.00. The van der Waals surface area contributed by atoms with Gasteiger partial charge in [0.1, 0.15) is 0 Å². The summed E-state index contributed by atoms with van der Waals surface area (Å²) in [6, 6.07) is 0. The van der Waals surface area contributed by atoms with Crippen LogP contribution in [0.25, 0.3) is 0 Å². The standard InChI is InChI=1S/C10H19N/c1-2-3-4-8-11-9-10-6-5-7-10/h2,10-11H,1,3-9H2/i1D. The molecule has 0 amide bonds. The maximum Gasteiger partial charge on any atom is 0.0534 e. The van der Waals surface area contributed by atoms with Crippen LogP contribution in [-0.4, -0.2) is 13.1 Å². The summed E-state index contributed by atoms with van der Waals surface area (Å²) in [5.74, 6) is 0.969. The fourth-order valence-electron chi connectivity index (χ4n) is 1.35. The molecule has 1 rings (SSSR count). The molecule has 1 heteroatoms. The zero-order chi connectivity index (χ0) is 8.65. The first-order valence-electron chi connectivity index (χ1n) is 5.25. The van der Waals surface area contributed by atoms with E-state index in [0.29, 0.717) is 0 Å². The third-order valence-electron chi connectivity index (χ3n) is 2.38. The van der Waals surface area contributed by atoms with Gasteiger partial charge in [0.25, 0.3) is 0 Å². The number of hydrogen-bond donors (Lipinski definition) is 1. The second-order valence-corrected chi connectivity index (χ2v) is 3.38. The predicted molar refractivity (Wildman–Crippen MR) is 49.6 cm³/mol. The van der Waals surface area contributed by atoms with E-state index in [1.54, 1.807) is 0 Å². The minimum atomic E-state index is 0.969. The van der Waals surface area contributed by atoms with E-state index in [9.17, 15) is 0 Å². The Labute approximate surface area is 71.3 Å². The van der Waals surface area contributed by atoms with Gasteiger partial charge >= 0.3 is 0 Å². The molecule has 0 unspecified atom stereocenters. The van der Waals surface area contributed by atoms with E-state index in [2.05, 4.69) is 5.32 Å². The molecule has 0 bridgehead atoms. The highest BCUT2D eigenvalue weighted by atomic mass is 14.9. The Bertz CT molecular complexity index is 130. The van der Waals surface area contributed by atoms with Gasteiger partial charge in [-0.05, 0) is 44.7 Å². The molecule has 0 radical (unpaired) electrons. The monoisotopic (exact) mass is 154 g/mol. The Balaban J connectivity index is 1.76. The zero-order valence-corrected chi connectivity index (χ0v) is 7.18. The summed E-state index contributed by atoms with van der Waals surface area (Å²) in [7, 11) is 0. The fraction of sp³-hybridized carbons (Fsp3) is 0.800. The van der Waals surface area contributed by atoms with Crippen LogP contribution in [0.3, 0.4) is 0 Å². The largest absolute Gasteiger partial charge is 0.316 e. The number of nitrogens with one attached hydrogen (secondary N) is 1. The SMILES string of the molecule is [2H]C=CCCCNCC1CCC1. The van der Waals surface area contributed by atoms with Gasteiger partial charge in [0.05, 0.1) is 1.37 Å². The molecule has 0 aromatic heterocycles. The van der Waals surface area contributed by atoms with E-state index in [1.807, 2.05) is 6.08 Å². The molecule has 0 spiro atoms. The smallest absolute Gasteiger partial charge is 0.0534 e. The molecular weight excluding hydrogens is 134 g/mol. The summed E-state index contributed by atoms with van der Waals surface area (Å²) >= 11 is 0. The van der Waals surface area contributed by atoms with Gasteiger partial charge in [0.15, 0.2) is 0 Å². The Hall–Kier alpha value is -0.300. The highest BCUT2D eigenvalue weighted by Crippen LogP contribution is 2.24. The summed E-state index contributed by atoms with van der Waals surface area (Å²) < 4.78 is 6.79. The summed E-state index contributed by atoms with van der Waals surface area (Å²) in [6.45, 7) is 3.71. The van der Waals surface area contributed by atoms with Gasteiger partial charge in [-0.25, -0.2) is 0 Å². The van der Waals surface area contributed by atoms with Gasteiger partial charge in [0.2, 0.25) is 0 Å². The highest BCUT2D eigenvalue weighted by molar-refractivity contribution is 4.72. The first-order valence-corrected chi connectivity index (χ1v) is 4.67. The molecule has 0 aromatic rings. The van der Waals surface area contributed by atoms with Crippen LogP contribution in [0.5, 0.6) is 0 Å². The Morgan fingerprint density at radius 3 is 3.18 bits per heavy atom. The van der Waals surface area contributed by atoms with Crippen LogP contribution in [0, 0.1) is 5.92 Å². The van der Waals surface area contributed by atoms with E-state index in [1.165, 1.54) is 38.8 Å². The van der Waals surface area contributed by atoms with Crippen LogP contribution in [0.4, 0.5) is 0 Å². The van der Waals surface area contributed by atoms with Crippen molar-refractivity contribution >= 4 is 0 Å². The molecule has 0 aliphatic heterocycles. The summed E-state index contributed by atoms with van der Waals surface area (Å²) in [5, 5.41) is 3.45. The van der Waals surface area contributed by atoms with E-state index in [-0.39, 0.29) is 0 Å². The zero-order valence-electron chi connectivity index (χ0n) is 8.18. The number of hydrogen-bond acceptors (Lipinski definition) is 1. The highest BCUT2D eigenvalue weighted by Gasteiger charge is 2.15. The maximum absolute atomic E-state index is 6.79. The topological polar surface area (TPSA) is 12.0 Å². The van der Waals surface area contributed by atoms with E-state index >= 15 is 0 Å². The van der Waals surface area contributed by atoms with Crippen LogP contribution in [-0.2, 0) is 0 Å². The van der Waals surface area contributed by atoms with Crippen molar-refractivity contribution in [1.82, 2.24) is 5.32 Å². The Morgan fingerprint density at radius 1 is 1.64 bits per heavy atom. The van der Waals surface area contributed by atoms with Crippen molar-refractivity contribution in [3.05, 3.63) is 12.6 Å². The molecule has 0 saturated heterocycles. The van der Waals surface area contributed by atoms with Crippen molar-refractivity contribution in [2.75, 3.05) is 13.1 Å². The lowest BCUT2D eigenvalue weighted by molar-refractivity contribution is 0.302. The second kappa shape index (κ2) is 5.36. The summed E-state index contributed by atoms with van der Waals surface area (Å²) in [5.41, 5.74) is 0. The Morgan fingerprint density at radius 2 is 2.55 bits per heavy atom. The number of rotatable bonds is 6. The van der Waals surface area contributed by atoms with Gasteiger partial charge in [-0.3, -0.25) is 0 Å². The normalized spacial score (nSPS) is 20.2. The minimum Gasteiger partial charge on any atom is -0.316 e. The van der Waals surface area contributed by atoms with Crippen LogP contribution in [0.1, 0.15) is 33.5 Å². The lowest BCUT2D eigenvalue weighted by Gasteiger charge is -2.25. The van der Waals surface area contributed by atoms with Crippen molar-refractivity contribution < 1.29 is 1.37 Å². The molecular formula is C10H19N. The van der Waals surface area contributed by atoms with Crippen LogP contribution >= 0.6 is 0 Å². The third kappa shape index (κ3) is 3.57. The molecule has 0 aromatic carbocycles. The quantitative estimate of drug-likeness (QED) is 0.457. The second-order valence-electron chi connectivity index (χ2n) is 3.38. The van der Waals surface area contributed by atoms with Crippen molar-refractivity contribution in [1.29, 1.82) is 0 Å². The van der Waals surface area contributed by atoms with E-state index < -0.39 is 0 Å². The molecule has 1 saturated carbocycles. The molecule has 1 aliphatic rings. The fourth-order valence-corrected chi connectivity index (χ4v) is 1.35. The van der Waals surface area contributed by atoms with Gasteiger partial charge in [-0.2, -0.15) is 0 Å². The van der Waals surface area contributed by atoms with Gasteiger partial charge in [-0.15, -0.1) is 6.55 Å². The van der Waals surface area contributed by atoms with Crippen molar-refractivity contribution in [3.63, 3.8) is 0 Å². The third-order valence-corrected chi connectivity index (χ3v) is 2.38. The van der Waals surface area contributed by atoms with Gasteiger partial charge in [-0.1, -0.05) is 12.5 Å². The first-order chi connectivity index (χ1) is 5.93. The number of allylic oxidation sites excluding steroid dienone is 1. The van der Waals surface area contributed by atoms with E-state index in [0.717, 1.165) is 18.9 Å². The molecule has 1 N–H and O–H groups in total. The Kier molecular flexibility index (Phi) is 3.59. The minimum absolute atomic E-state index is 0.969. The van der Waals surface area contributed by atoms with E-state index in [4.69, 9.17) is 1.37 Å². The molecule has 1 fully saturated rings. The molecule has 64 valence electrons. The van der Waals surface area contributed by atoms with Gasteiger partial charge < -0.3 is 5.32 Å². The lowest BCUT2D eigenvalue weighted by Crippen LogP contribution is -2.27. The molecule has 0 atom stereocenters. The number of unbranched alkanes of at least 4 members (excludes halogenated alkanes) is 1. The van der Waals surface area contributed by atoms with Crippen molar-refractivity contribution in [3.8, 4) is 0 Å². The summed E-state index contributed by atoms with van der Waals surface area (Å²) in [4.78, 5) is 0. The van der Waals surface area contributed by atoms with Crippen LogP contribution in [0.2, 0.25) is 0 Å². The first kappa shape index (κ1) is 7.35. The molecule has 0 heterocycles. The average molecular weight is 154 g/mol. The molecule has 1 nitrogen and oxygen atoms in total. The molecule has 1 aliphatic carbocycles. The maximum atomic E-state index is 6.79. The van der Waals surface area contributed by atoms with Crippen LogP contribution < -0.4 is 5.32 Å².